The van der Waals surface area contributed by atoms with Crippen LogP contribution in [0, 0.1) is 0 Å². The molecule has 0 aliphatic rings. The molecule has 0 heterocycles. The van der Waals surface area contributed by atoms with Crippen LogP contribution >= 0.6 is 10.7 Å². The monoisotopic (exact) mass is 296 g/mol. The predicted molar refractivity (Wildman–Crippen MR) is 70.9 cm³/mol. The van der Waals surface area contributed by atoms with Gasteiger partial charge in [-0.15, -0.1) is 0 Å². The van der Waals surface area contributed by atoms with Crippen molar-refractivity contribution in [1.82, 2.24) is 0 Å². The number of carbonyl (C=O) groups is 1. The first-order valence-electron chi connectivity index (χ1n) is 5.29. The second-order valence-electron chi connectivity index (χ2n) is 3.67. The fourth-order valence-corrected chi connectivity index (χ4v) is 2.22. The van der Waals surface area contributed by atoms with E-state index in [-0.39, 0.29) is 10.6 Å². The smallest absolute Gasteiger partial charge is 0.343 e. The summed E-state index contributed by atoms with van der Waals surface area (Å²) in [6.45, 7) is 0. The Hall–Kier alpha value is -1.85. The van der Waals surface area contributed by atoms with Crippen molar-refractivity contribution in [2.75, 3.05) is 0 Å². The second kappa shape index (κ2) is 5.42. The summed E-state index contributed by atoms with van der Waals surface area (Å²) in [5.41, 5.74) is 0.377. The van der Waals surface area contributed by atoms with Crippen LogP contribution in [0.1, 0.15) is 10.4 Å². The fourth-order valence-electron chi connectivity index (χ4n) is 1.43. The van der Waals surface area contributed by atoms with Gasteiger partial charge in [0, 0.05) is 16.7 Å². The predicted octanol–water partition coefficient (Wildman–Crippen LogP) is 2.83. The van der Waals surface area contributed by atoms with Gasteiger partial charge in [-0.1, -0.05) is 24.3 Å². The van der Waals surface area contributed by atoms with Gasteiger partial charge >= 0.3 is 5.97 Å². The lowest BCUT2D eigenvalue weighted by Crippen LogP contribution is -2.08. The molecule has 0 bridgehead atoms. The molecule has 0 N–H and O–H groups in total. The van der Waals surface area contributed by atoms with Crippen molar-refractivity contribution in [3.8, 4) is 5.75 Å². The molecule has 0 saturated carbocycles. The fraction of sp³-hybridized carbons (Fsp3) is 0. The molecule has 0 aromatic heterocycles. The van der Waals surface area contributed by atoms with Gasteiger partial charge < -0.3 is 4.74 Å². The van der Waals surface area contributed by atoms with E-state index in [0.717, 1.165) is 0 Å². The molecule has 4 nitrogen and oxygen atoms in total. The highest BCUT2D eigenvalue weighted by molar-refractivity contribution is 8.13. The third kappa shape index (κ3) is 3.56. The summed E-state index contributed by atoms with van der Waals surface area (Å²) >= 11 is 0. The second-order valence-corrected chi connectivity index (χ2v) is 6.23. The normalized spacial score (nSPS) is 11.0. The van der Waals surface area contributed by atoms with Gasteiger partial charge in [0.2, 0.25) is 0 Å². The number of hydrogen-bond donors (Lipinski definition) is 0. The minimum absolute atomic E-state index is 0.118. The van der Waals surface area contributed by atoms with Crippen LogP contribution < -0.4 is 4.74 Å². The number of rotatable bonds is 3. The van der Waals surface area contributed by atoms with Gasteiger partial charge in [0.15, 0.2) is 0 Å². The Kier molecular flexibility index (Phi) is 3.87. The third-order valence-electron chi connectivity index (χ3n) is 2.31. The minimum Gasteiger partial charge on any atom is -0.423 e. The van der Waals surface area contributed by atoms with E-state index in [1.54, 1.807) is 30.3 Å². The maximum absolute atomic E-state index is 11.8. The van der Waals surface area contributed by atoms with Gasteiger partial charge in [0.1, 0.15) is 5.75 Å². The van der Waals surface area contributed by atoms with Crippen LogP contribution in [-0.2, 0) is 9.05 Å². The van der Waals surface area contributed by atoms with Crippen LogP contribution in [0.4, 0.5) is 0 Å². The van der Waals surface area contributed by atoms with Crippen molar-refractivity contribution < 1.29 is 17.9 Å². The topological polar surface area (TPSA) is 60.4 Å². The van der Waals surface area contributed by atoms with Crippen LogP contribution in [0.3, 0.4) is 0 Å². The van der Waals surface area contributed by atoms with Crippen LogP contribution in [0.25, 0.3) is 0 Å². The van der Waals surface area contributed by atoms with Crippen molar-refractivity contribution >= 4 is 25.7 Å². The summed E-state index contributed by atoms with van der Waals surface area (Å²) in [5, 5.41) is 0. The molecule has 2 rings (SSSR count). The Labute approximate surface area is 115 Å². The first-order chi connectivity index (χ1) is 8.97. The highest BCUT2D eigenvalue weighted by atomic mass is 35.7. The first-order valence-corrected chi connectivity index (χ1v) is 7.60. The first kappa shape index (κ1) is 13.6. The SMILES string of the molecule is O=C(Oc1cccc(S(=O)(=O)Cl)c1)c1ccccc1. The minimum atomic E-state index is -3.84. The van der Waals surface area contributed by atoms with E-state index in [1.807, 2.05) is 0 Å². The summed E-state index contributed by atoms with van der Waals surface area (Å²) in [6.07, 6.45) is 0. The third-order valence-corrected chi connectivity index (χ3v) is 3.66. The molecule has 0 radical (unpaired) electrons. The van der Waals surface area contributed by atoms with E-state index in [2.05, 4.69) is 0 Å². The van der Waals surface area contributed by atoms with E-state index in [1.165, 1.54) is 24.3 Å². The van der Waals surface area contributed by atoms with Crippen LogP contribution in [0.15, 0.2) is 59.5 Å². The number of halogens is 1. The van der Waals surface area contributed by atoms with Crippen LogP contribution in [0.2, 0.25) is 0 Å². The summed E-state index contributed by atoms with van der Waals surface area (Å²) in [6, 6.07) is 13.8. The van der Waals surface area contributed by atoms with E-state index >= 15 is 0 Å². The lowest BCUT2D eigenvalue weighted by molar-refractivity contribution is 0.0734. The molecule has 0 amide bonds. The van der Waals surface area contributed by atoms with E-state index in [0.29, 0.717) is 5.56 Å². The summed E-state index contributed by atoms with van der Waals surface area (Å²) in [7, 11) is 1.37. The molecule has 0 spiro atoms. The van der Waals surface area contributed by atoms with Gasteiger partial charge in [-0.2, -0.15) is 0 Å². The zero-order chi connectivity index (χ0) is 13.9. The van der Waals surface area contributed by atoms with Crippen molar-refractivity contribution in [1.29, 1.82) is 0 Å². The highest BCUT2D eigenvalue weighted by Gasteiger charge is 2.13. The summed E-state index contributed by atoms with van der Waals surface area (Å²) < 4.78 is 27.4. The van der Waals surface area contributed by atoms with Crippen molar-refractivity contribution in [2.24, 2.45) is 0 Å². The van der Waals surface area contributed by atoms with Gasteiger partial charge in [-0.25, -0.2) is 13.2 Å². The standard InChI is InChI=1S/C13H9ClO4S/c14-19(16,17)12-8-4-7-11(9-12)18-13(15)10-5-2-1-3-6-10/h1-9H. The maximum atomic E-state index is 11.8. The number of esters is 1. The number of benzene rings is 2. The average molecular weight is 297 g/mol. The molecular formula is C13H9ClO4S. The molecule has 0 saturated heterocycles. The molecule has 0 aliphatic heterocycles. The highest BCUT2D eigenvalue weighted by Crippen LogP contribution is 2.21. The lowest BCUT2D eigenvalue weighted by Gasteiger charge is -2.05. The molecule has 19 heavy (non-hydrogen) atoms. The molecule has 2 aromatic carbocycles. The van der Waals surface area contributed by atoms with Gasteiger partial charge in [-0.05, 0) is 24.3 Å². The molecule has 0 aliphatic carbocycles. The van der Waals surface area contributed by atoms with Gasteiger partial charge in [-0.3, -0.25) is 0 Å². The summed E-state index contributed by atoms with van der Waals surface area (Å²) in [5.74, 6) is -0.444. The lowest BCUT2D eigenvalue weighted by atomic mass is 10.2. The molecule has 0 fully saturated rings. The average Bonchev–Trinajstić information content (AvgIpc) is 2.39. The molecule has 0 unspecified atom stereocenters. The molecule has 2 aromatic rings. The zero-order valence-corrected chi connectivity index (χ0v) is 11.2. The quantitative estimate of drug-likeness (QED) is 0.496. The Morgan fingerprint density at radius 3 is 2.32 bits per heavy atom. The van der Waals surface area contributed by atoms with E-state index in [4.69, 9.17) is 15.4 Å². The zero-order valence-electron chi connectivity index (χ0n) is 9.62. The Balaban J connectivity index is 2.23. The van der Waals surface area contributed by atoms with Crippen LogP contribution in [0.5, 0.6) is 5.75 Å². The van der Waals surface area contributed by atoms with Gasteiger partial charge in [0.25, 0.3) is 9.05 Å². The van der Waals surface area contributed by atoms with Gasteiger partial charge in [0.05, 0.1) is 10.5 Å². The van der Waals surface area contributed by atoms with E-state index in [9.17, 15) is 13.2 Å². The van der Waals surface area contributed by atoms with Crippen molar-refractivity contribution in [3.63, 3.8) is 0 Å². The largest absolute Gasteiger partial charge is 0.423 e. The maximum Gasteiger partial charge on any atom is 0.343 e. The van der Waals surface area contributed by atoms with Crippen molar-refractivity contribution in [3.05, 3.63) is 60.2 Å². The number of carbonyl (C=O) groups excluding carboxylic acids is 1. The Bertz CT molecular complexity index is 696. The molecule has 6 heteroatoms. The molecule has 98 valence electrons. The molecule has 0 atom stereocenters. The Morgan fingerprint density at radius 1 is 1.00 bits per heavy atom. The van der Waals surface area contributed by atoms with E-state index < -0.39 is 15.0 Å². The Morgan fingerprint density at radius 2 is 1.68 bits per heavy atom. The van der Waals surface area contributed by atoms with Crippen LogP contribution in [-0.4, -0.2) is 14.4 Å². The number of hydrogen-bond acceptors (Lipinski definition) is 4. The van der Waals surface area contributed by atoms with Crippen molar-refractivity contribution in [2.45, 2.75) is 4.90 Å². The summed E-state index contributed by atoms with van der Waals surface area (Å²) in [4.78, 5) is 11.7. The number of ether oxygens (including phenoxy) is 1. The molecular weight excluding hydrogens is 288 g/mol.